The Balaban J connectivity index is 1.91. The maximum atomic E-state index is 12.0. The molecule has 0 saturated carbocycles. The zero-order valence-electron chi connectivity index (χ0n) is 11.5. The summed E-state index contributed by atoms with van der Waals surface area (Å²) in [6, 6.07) is 7.45. The van der Waals surface area contributed by atoms with Crippen LogP contribution in [0.5, 0.6) is 0 Å². The lowest BCUT2D eigenvalue weighted by Gasteiger charge is -2.04. The molecule has 5 heteroatoms. The summed E-state index contributed by atoms with van der Waals surface area (Å²) in [6.07, 6.45) is 1.27. The van der Waals surface area contributed by atoms with Crippen molar-refractivity contribution in [1.29, 1.82) is 0 Å². The summed E-state index contributed by atoms with van der Waals surface area (Å²) in [6.45, 7) is 4.54. The number of hydrogen-bond donors (Lipinski definition) is 0. The molecular formula is C15H16BrClN2O. The Bertz CT molecular complexity index is 620. The van der Waals surface area contributed by atoms with Crippen LogP contribution in [0, 0.1) is 13.8 Å². The Labute approximate surface area is 132 Å². The van der Waals surface area contributed by atoms with Gasteiger partial charge in [0.25, 0.3) is 0 Å². The second kappa shape index (κ2) is 6.55. The van der Waals surface area contributed by atoms with E-state index in [0.717, 1.165) is 27.8 Å². The van der Waals surface area contributed by atoms with Crippen LogP contribution in [0.3, 0.4) is 0 Å². The molecule has 0 fully saturated rings. The van der Waals surface area contributed by atoms with Crippen molar-refractivity contribution in [2.45, 2.75) is 33.2 Å². The Morgan fingerprint density at radius 2 is 1.95 bits per heavy atom. The summed E-state index contributed by atoms with van der Waals surface area (Å²) in [7, 11) is 0. The molecule has 0 aliphatic carbocycles. The van der Waals surface area contributed by atoms with Gasteiger partial charge in [-0.15, -0.1) is 0 Å². The first-order chi connectivity index (χ1) is 9.49. The molecule has 0 N–H and O–H groups in total. The molecule has 0 atom stereocenters. The van der Waals surface area contributed by atoms with Crippen molar-refractivity contribution in [2.24, 2.45) is 0 Å². The van der Waals surface area contributed by atoms with Crippen LogP contribution in [0.4, 0.5) is 0 Å². The van der Waals surface area contributed by atoms with Gasteiger partial charge in [0, 0.05) is 23.0 Å². The van der Waals surface area contributed by atoms with E-state index in [2.05, 4.69) is 21.0 Å². The second-order valence-electron chi connectivity index (χ2n) is 4.74. The summed E-state index contributed by atoms with van der Waals surface area (Å²) in [5.41, 5.74) is 2.54. The highest BCUT2D eigenvalue weighted by Gasteiger charge is 2.10. The van der Waals surface area contributed by atoms with E-state index < -0.39 is 0 Å². The first kappa shape index (κ1) is 15.3. The fraction of sp³-hybridized carbons (Fsp3) is 0.333. The molecule has 0 saturated heterocycles. The summed E-state index contributed by atoms with van der Waals surface area (Å²) < 4.78 is 2.85. The fourth-order valence-corrected chi connectivity index (χ4v) is 2.46. The zero-order chi connectivity index (χ0) is 14.7. The smallest absolute Gasteiger partial charge is 0.162 e. The van der Waals surface area contributed by atoms with Gasteiger partial charge in [0.2, 0.25) is 0 Å². The van der Waals surface area contributed by atoms with E-state index >= 15 is 0 Å². The number of rotatable bonds is 5. The third-order valence-corrected chi connectivity index (χ3v) is 4.31. The van der Waals surface area contributed by atoms with E-state index in [9.17, 15) is 4.79 Å². The lowest BCUT2D eigenvalue weighted by molar-refractivity contribution is 0.0978. The van der Waals surface area contributed by atoms with Crippen LogP contribution in [0.25, 0.3) is 0 Å². The molecule has 1 aromatic carbocycles. The van der Waals surface area contributed by atoms with E-state index in [1.54, 1.807) is 0 Å². The first-order valence-corrected chi connectivity index (χ1v) is 7.64. The molecule has 106 valence electrons. The van der Waals surface area contributed by atoms with Gasteiger partial charge in [-0.3, -0.25) is 9.48 Å². The Hall–Kier alpha value is -1.13. The molecule has 0 aliphatic heterocycles. The number of ketones is 1. The van der Waals surface area contributed by atoms with Crippen molar-refractivity contribution in [3.05, 3.63) is 50.7 Å². The van der Waals surface area contributed by atoms with Crippen LogP contribution in [-0.2, 0) is 6.54 Å². The van der Waals surface area contributed by atoms with Crippen LogP contribution in [0.1, 0.15) is 34.6 Å². The Kier molecular flexibility index (Phi) is 5.00. The van der Waals surface area contributed by atoms with Crippen molar-refractivity contribution < 1.29 is 4.79 Å². The normalized spacial score (nSPS) is 10.8. The summed E-state index contributed by atoms with van der Waals surface area (Å²) in [4.78, 5) is 12.0. The SMILES string of the molecule is Cc1nn(CCCC(=O)c2ccc(Br)cc2)c(C)c1Cl. The standard InChI is InChI=1S/C15H16BrClN2O/c1-10-15(17)11(2)19(18-10)9-3-4-14(20)12-5-7-13(16)8-6-12/h5-8H,3-4,9H2,1-2H3. The third kappa shape index (κ3) is 3.49. The molecule has 0 aliphatic rings. The molecular weight excluding hydrogens is 340 g/mol. The lowest BCUT2D eigenvalue weighted by Crippen LogP contribution is -2.06. The largest absolute Gasteiger partial charge is 0.294 e. The number of carbonyl (C=O) groups is 1. The number of Topliss-reactive ketones (excluding diaryl/α,β-unsaturated/α-hetero) is 1. The van der Waals surface area contributed by atoms with Crippen LogP contribution in [-0.4, -0.2) is 15.6 Å². The highest BCUT2D eigenvalue weighted by molar-refractivity contribution is 9.10. The fourth-order valence-electron chi connectivity index (χ4n) is 2.06. The lowest BCUT2D eigenvalue weighted by atomic mass is 10.1. The van der Waals surface area contributed by atoms with Gasteiger partial charge in [-0.2, -0.15) is 5.10 Å². The minimum Gasteiger partial charge on any atom is -0.294 e. The van der Waals surface area contributed by atoms with Crippen molar-refractivity contribution in [3.8, 4) is 0 Å². The molecule has 1 aromatic heterocycles. The summed E-state index contributed by atoms with van der Waals surface area (Å²) in [5, 5.41) is 5.07. The van der Waals surface area contributed by atoms with Crippen LogP contribution in [0.15, 0.2) is 28.7 Å². The predicted octanol–water partition coefficient (Wildman–Crippen LogP) is 4.58. The molecule has 0 radical (unpaired) electrons. The average Bonchev–Trinajstić information content (AvgIpc) is 2.67. The van der Waals surface area contributed by atoms with Gasteiger partial charge < -0.3 is 0 Å². The topological polar surface area (TPSA) is 34.9 Å². The van der Waals surface area contributed by atoms with Crippen molar-refractivity contribution in [1.82, 2.24) is 9.78 Å². The minimum absolute atomic E-state index is 0.158. The number of carbonyl (C=O) groups excluding carboxylic acids is 1. The van der Waals surface area contributed by atoms with Crippen LogP contribution >= 0.6 is 27.5 Å². The number of halogens is 2. The molecule has 0 spiro atoms. The summed E-state index contributed by atoms with van der Waals surface area (Å²) >= 11 is 9.46. The molecule has 2 rings (SSSR count). The van der Waals surface area contributed by atoms with Gasteiger partial charge in [0.15, 0.2) is 5.78 Å². The molecule has 0 bridgehead atoms. The monoisotopic (exact) mass is 354 g/mol. The van der Waals surface area contributed by atoms with Gasteiger partial charge >= 0.3 is 0 Å². The molecule has 0 unspecified atom stereocenters. The number of aromatic nitrogens is 2. The average molecular weight is 356 g/mol. The second-order valence-corrected chi connectivity index (χ2v) is 6.04. The van der Waals surface area contributed by atoms with Crippen LogP contribution < -0.4 is 0 Å². The van der Waals surface area contributed by atoms with Gasteiger partial charge in [-0.05, 0) is 32.4 Å². The van der Waals surface area contributed by atoms with Gasteiger partial charge in [0.1, 0.15) is 0 Å². The first-order valence-electron chi connectivity index (χ1n) is 6.47. The molecule has 3 nitrogen and oxygen atoms in total. The Morgan fingerprint density at radius 1 is 1.30 bits per heavy atom. The number of benzene rings is 1. The van der Waals surface area contributed by atoms with E-state index in [4.69, 9.17) is 11.6 Å². The molecule has 1 heterocycles. The number of nitrogens with zero attached hydrogens (tertiary/aromatic N) is 2. The Morgan fingerprint density at radius 3 is 2.50 bits per heavy atom. The zero-order valence-corrected chi connectivity index (χ0v) is 13.8. The van der Waals surface area contributed by atoms with Crippen molar-refractivity contribution >= 4 is 33.3 Å². The van der Waals surface area contributed by atoms with Crippen molar-refractivity contribution in [2.75, 3.05) is 0 Å². The number of hydrogen-bond acceptors (Lipinski definition) is 2. The highest BCUT2D eigenvalue weighted by Crippen LogP contribution is 2.19. The van der Waals surface area contributed by atoms with Gasteiger partial charge in [-0.1, -0.05) is 39.7 Å². The highest BCUT2D eigenvalue weighted by atomic mass is 79.9. The maximum Gasteiger partial charge on any atom is 0.162 e. The van der Waals surface area contributed by atoms with E-state index in [1.165, 1.54) is 0 Å². The molecule has 2 aromatic rings. The number of aryl methyl sites for hydroxylation is 2. The van der Waals surface area contributed by atoms with Gasteiger partial charge in [-0.25, -0.2) is 0 Å². The maximum absolute atomic E-state index is 12.0. The van der Waals surface area contributed by atoms with E-state index in [1.807, 2.05) is 42.8 Å². The van der Waals surface area contributed by atoms with E-state index in [0.29, 0.717) is 18.0 Å². The molecule has 20 heavy (non-hydrogen) atoms. The quantitative estimate of drug-likeness (QED) is 0.736. The third-order valence-electron chi connectivity index (χ3n) is 3.23. The predicted molar refractivity (Wildman–Crippen MR) is 84.4 cm³/mol. The minimum atomic E-state index is 0.158. The molecule has 0 amide bonds. The summed E-state index contributed by atoms with van der Waals surface area (Å²) in [5.74, 6) is 0.158. The van der Waals surface area contributed by atoms with Crippen molar-refractivity contribution in [3.63, 3.8) is 0 Å². The van der Waals surface area contributed by atoms with Gasteiger partial charge in [0.05, 0.1) is 16.4 Å². The van der Waals surface area contributed by atoms with Crippen LogP contribution in [0.2, 0.25) is 5.02 Å². The van der Waals surface area contributed by atoms with E-state index in [-0.39, 0.29) is 5.78 Å².